The van der Waals surface area contributed by atoms with E-state index in [1.807, 2.05) is 12.1 Å². The van der Waals surface area contributed by atoms with Crippen LogP contribution in [0.1, 0.15) is 24.8 Å². The van der Waals surface area contributed by atoms with Crippen molar-refractivity contribution in [3.05, 3.63) is 29.8 Å². The standard InChI is InChI=1S/C16H20N2O2/c1-19-16-12-14(13-6-9-18-10-7-13)4-5-15(16)20-11-3-2-8-17/h4-6,12,18H,2-3,7,9-11H2,1H3. The minimum atomic E-state index is 0.514. The molecule has 1 heterocycles. The summed E-state index contributed by atoms with van der Waals surface area (Å²) < 4.78 is 11.1. The van der Waals surface area contributed by atoms with Gasteiger partial charge in [-0.15, -0.1) is 0 Å². The van der Waals surface area contributed by atoms with E-state index in [0.717, 1.165) is 37.4 Å². The Kier molecular flexibility index (Phi) is 5.45. The predicted molar refractivity (Wildman–Crippen MR) is 78.8 cm³/mol. The van der Waals surface area contributed by atoms with E-state index in [1.54, 1.807) is 7.11 Å². The number of unbranched alkanes of at least 4 members (excludes halogenated alkanes) is 1. The van der Waals surface area contributed by atoms with Gasteiger partial charge in [0.1, 0.15) is 0 Å². The lowest BCUT2D eigenvalue weighted by molar-refractivity contribution is 0.290. The van der Waals surface area contributed by atoms with E-state index < -0.39 is 0 Å². The molecular weight excluding hydrogens is 252 g/mol. The van der Waals surface area contributed by atoms with E-state index in [1.165, 1.54) is 11.1 Å². The molecule has 106 valence electrons. The number of rotatable bonds is 6. The molecule has 1 aliphatic heterocycles. The summed E-state index contributed by atoms with van der Waals surface area (Å²) in [5.74, 6) is 1.49. The second-order valence-electron chi connectivity index (χ2n) is 4.66. The number of hydrogen-bond acceptors (Lipinski definition) is 4. The lowest BCUT2D eigenvalue weighted by atomic mass is 10.00. The highest BCUT2D eigenvalue weighted by atomic mass is 16.5. The number of nitriles is 1. The molecule has 1 N–H and O–H groups in total. The van der Waals surface area contributed by atoms with E-state index in [9.17, 15) is 0 Å². The summed E-state index contributed by atoms with van der Waals surface area (Å²) in [5.41, 5.74) is 2.53. The first-order valence-electron chi connectivity index (χ1n) is 6.93. The van der Waals surface area contributed by atoms with Gasteiger partial charge >= 0.3 is 0 Å². The highest BCUT2D eigenvalue weighted by molar-refractivity contribution is 5.69. The molecular formula is C16H20N2O2. The fraction of sp³-hybridized carbons (Fsp3) is 0.438. The maximum atomic E-state index is 8.50. The Morgan fingerprint density at radius 1 is 1.35 bits per heavy atom. The minimum Gasteiger partial charge on any atom is -0.493 e. The molecule has 2 rings (SSSR count). The number of nitrogens with one attached hydrogen (secondary N) is 1. The van der Waals surface area contributed by atoms with Crippen LogP contribution in [0.25, 0.3) is 5.57 Å². The van der Waals surface area contributed by atoms with Crippen LogP contribution >= 0.6 is 0 Å². The van der Waals surface area contributed by atoms with E-state index in [0.29, 0.717) is 13.0 Å². The van der Waals surface area contributed by atoms with Gasteiger partial charge in [-0.2, -0.15) is 5.26 Å². The van der Waals surface area contributed by atoms with Crippen LogP contribution in [0.15, 0.2) is 24.3 Å². The van der Waals surface area contributed by atoms with Gasteiger partial charge in [-0.3, -0.25) is 0 Å². The molecule has 4 heteroatoms. The molecule has 0 aromatic heterocycles. The zero-order valence-corrected chi connectivity index (χ0v) is 11.8. The normalized spacial score (nSPS) is 14.3. The van der Waals surface area contributed by atoms with Crippen LogP contribution in [0.3, 0.4) is 0 Å². The third-order valence-electron chi connectivity index (χ3n) is 3.29. The summed E-state index contributed by atoms with van der Waals surface area (Å²) in [5, 5.41) is 11.8. The molecule has 0 atom stereocenters. The van der Waals surface area contributed by atoms with Crippen molar-refractivity contribution in [2.24, 2.45) is 0 Å². The molecule has 0 saturated carbocycles. The van der Waals surface area contributed by atoms with Gasteiger partial charge in [0, 0.05) is 13.0 Å². The summed E-state index contributed by atoms with van der Waals surface area (Å²) in [6, 6.07) is 8.15. The van der Waals surface area contributed by atoms with Crippen LogP contribution in [-0.2, 0) is 0 Å². The van der Waals surface area contributed by atoms with Crippen molar-refractivity contribution in [2.75, 3.05) is 26.8 Å². The fourth-order valence-electron chi connectivity index (χ4n) is 2.20. The van der Waals surface area contributed by atoms with Crippen LogP contribution in [0, 0.1) is 11.3 Å². The summed E-state index contributed by atoms with van der Waals surface area (Å²) in [7, 11) is 1.65. The molecule has 0 aliphatic carbocycles. The van der Waals surface area contributed by atoms with Gasteiger partial charge in [0.25, 0.3) is 0 Å². The molecule has 0 spiro atoms. The van der Waals surface area contributed by atoms with Crippen LogP contribution in [0.4, 0.5) is 0 Å². The first kappa shape index (κ1) is 14.4. The van der Waals surface area contributed by atoms with Gasteiger partial charge in [-0.1, -0.05) is 12.1 Å². The number of hydrogen-bond donors (Lipinski definition) is 1. The fourth-order valence-corrected chi connectivity index (χ4v) is 2.20. The smallest absolute Gasteiger partial charge is 0.161 e. The van der Waals surface area contributed by atoms with Crippen molar-refractivity contribution >= 4 is 5.57 Å². The van der Waals surface area contributed by atoms with Gasteiger partial charge < -0.3 is 14.8 Å². The van der Waals surface area contributed by atoms with E-state index in [-0.39, 0.29) is 0 Å². The molecule has 0 bridgehead atoms. The third kappa shape index (κ3) is 3.75. The monoisotopic (exact) mass is 272 g/mol. The van der Waals surface area contributed by atoms with Gasteiger partial charge in [-0.05, 0) is 42.7 Å². The quantitative estimate of drug-likeness (QED) is 0.809. The Bertz CT molecular complexity index is 518. The van der Waals surface area contributed by atoms with E-state index in [4.69, 9.17) is 14.7 Å². The molecule has 1 aromatic carbocycles. The van der Waals surface area contributed by atoms with Crippen molar-refractivity contribution in [1.29, 1.82) is 5.26 Å². The molecule has 1 aromatic rings. The molecule has 0 saturated heterocycles. The van der Waals surface area contributed by atoms with Crippen LogP contribution in [0.5, 0.6) is 11.5 Å². The van der Waals surface area contributed by atoms with Crippen molar-refractivity contribution in [3.8, 4) is 17.6 Å². The number of ether oxygens (including phenoxy) is 2. The Morgan fingerprint density at radius 2 is 2.25 bits per heavy atom. The molecule has 1 aliphatic rings. The van der Waals surface area contributed by atoms with Crippen LogP contribution < -0.4 is 14.8 Å². The highest BCUT2D eigenvalue weighted by Crippen LogP contribution is 2.32. The lowest BCUT2D eigenvalue weighted by Gasteiger charge is -2.16. The van der Waals surface area contributed by atoms with Crippen molar-refractivity contribution in [3.63, 3.8) is 0 Å². The van der Waals surface area contributed by atoms with Crippen molar-refractivity contribution in [2.45, 2.75) is 19.3 Å². The highest BCUT2D eigenvalue weighted by Gasteiger charge is 2.10. The summed E-state index contributed by atoms with van der Waals surface area (Å²) >= 11 is 0. The third-order valence-corrected chi connectivity index (χ3v) is 3.29. The largest absolute Gasteiger partial charge is 0.493 e. The average molecular weight is 272 g/mol. The molecule has 0 unspecified atom stereocenters. The Morgan fingerprint density at radius 3 is 2.95 bits per heavy atom. The zero-order chi connectivity index (χ0) is 14.2. The maximum absolute atomic E-state index is 8.50. The molecule has 0 fully saturated rings. The maximum Gasteiger partial charge on any atom is 0.161 e. The first-order valence-corrected chi connectivity index (χ1v) is 6.93. The number of methoxy groups -OCH3 is 1. The molecule has 0 radical (unpaired) electrons. The molecule has 0 amide bonds. The predicted octanol–water partition coefficient (Wildman–Crippen LogP) is 2.75. The molecule has 20 heavy (non-hydrogen) atoms. The van der Waals surface area contributed by atoms with Gasteiger partial charge in [0.15, 0.2) is 11.5 Å². The SMILES string of the molecule is COc1cc(C2=CCNCC2)ccc1OCCCC#N. The second-order valence-corrected chi connectivity index (χ2v) is 4.66. The van der Waals surface area contributed by atoms with E-state index in [2.05, 4.69) is 23.5 Å². The zero-order valence-electron chi connectivity index (χ0n) is 11.8. The van der Waals surface area contributed by atoms with E-state index >= 15 is 0 Å². The Balaban J connectivity index is 2.07. The number of nitrogens with zero attached hydrogens (tertiary/aromatic N) is 1. The number of benzene rings is 1. The van der Waals surface area contributed by atoms with Crippen molar-refractivity contribution in [1.82, 2.24) is 5.32 Å². The lowest BCUT2D eigenvalue weighted by Crippen LogP contribution is -2.20. The minimum absolute atomic E-state index is 0.514. The average Bonchev–Trinajstić information content (AvgIpc) is 2.52. The van der Waals surface area contributed by atoms with Gasteiger partial charge in [-0.25, -0.2) is 0 Å². The van der Waals surface area contributed by atoms with Crippen LogP contribution in [-0.4, -0.2) is 26.8 Å². The Labute approximate surface area is 120 Å². The summed E-state index contributed by atoms with van der Waals surface area (Å²) in [6.45, 7) is 2.47. The second kappa shape index (κ2) is 7.56. The molecule has 4 nitrogen and oxygen atoms in total. The Hall–Kier alpha value is -1.99. The van der Waals surface area contributed by atoms with Gasteiger partial charge in [0.05, 0.1) is 19.8 Å². The first-order chi connectivity index (χ1) is 9.85. The summed E-state index contributed by atoms with van der Waals surface area (Å²) in [6.07, 6.45) is 4.50. The van der Waals surface area contributed by atoms with Crippen molar-refractivity contribution < 1.29 is 9.47 Å². The van der Waals surface area contributed by atoms with Gasteiger partial charge in [0.2, 0.25) is 0 Å². The topological polar surface area (TPSA) is 54.3 Å². The summed E-state index contributed by atoms with van der Waals surface area (Å²) in [4.78, 5) is 0. The van der Waals surface area contributed by atoms with Crippen LogP contribution in [0.2, 0.25) is 0 Å².